The van der Waals surface area contributed by atoms with Crippen LogP contribution in [0.2, 0.25) is 0 Å². The van der Waals surface area contributed by atoms with Crippen LogP contribution in [0.4, 0.5) is 5.82 Å². The molecule has 0 aliphatic carbocycles. The van der Waals surface area contributed by atoms with E-state index in [9.17, 15) is 0 Å². The first kappa shape index (κ1) is 11.5. The molecule has 2 nitrogen and oxygen atoms in total. The maximum Gasteiger partial charge on any atom is 0.128 e. The zero-order valence-electron chi connectivity index (χ0n) is 8.83. The summed E-state index contributed by atoms with van der Waals surface area (Å²) in [5, 5.41) is 0.875. The van der Waals surface area contributed by atoms with Gasteiger partial charge in [0.1, 0.15) is 5.82 Å². The summed E-state index contributed by atoms with van der Waals surface area (Å²) in [6, 6.07) is 4.21. The Bertz CT molecular complexity index is 258. The van der Waals surface area contributed by atoms with Crippen LogP contribution in [0.25, 0.3) is 0 Å². The van der Waals surface area contributed by atoms with E-state index in [-0.39, 0.29) is 0 Å². The molecule has 3 heteroatoms. The Balaban J connectivity index is 2.73. The summed E-state index contributed by atoms with van der Waals surface area (Å²) in [4.78, 5) is 6.72. The van der Waals surface area contributed by atoms with Gasteiger partial charge in [-0.25, -0.2) is 4.98 Å². The molecule has 0 unspecified atom stereocenters. The standard InChI is InChI=1S/C11H17BrN2/c1-3-7-14(4-2)11-6-5-10(8-12)9-13-11/h5-6,9H,3-4,7-8H2,1-2H3. The smallest absolute Gasteiger partial charge is 0.128 e. The van der Waals surface area contributed by atoms with E-state index in [1.165, 1.54) is 5.56 Å². The molecule has 0 spiro atoms. The van der Waals surface area contributed by atoms with Crippen molar-refractivity contribution in [2.75, 3.05) is 18.0 Å². The molecule has 14 heavy (non-hydrogen) atoms. The van der Waals surface area contributed by atoms with Crippen molar-refractivity contribution in [2.45, 2.75) is 25.6 Å². The summed E-state index contributed by atoms with van der Waals surface area (Å²) in [5.74, 6) is 1.08. The minimum Gasteiger partial charge on any atom is -0.357 e. The van der Waals surface area contributed by atoms with Crippen molar-refractivity contribution < 1.29 is 0 Å². The molecule has 0 saturated heterocycles. The predicted molar refractivity (Wildman–Crippen MR) is 65.0 cm³/mol. The van der Waals surface area contributed by atoms with Gasteiger partial charge < -0.3 is 4.90 Å². The molecule has 0 atom stereocenters. The highest BCUT2D eigenvalue weighted by Crippen LogP contribution is 2.12. The highest BCUT2D eigenvalue weighted by atomic mass is 79.9. The predicted octanol–water partition coefficient (Wildman–Crippen LogP) is 3.21. The summed E-state index contributed by atoms with van der Waals surface area (Å²) >= 11 is 3.41. The summed E-state index contributed by atoms with van der Waals surface area (Å²) < 4.78 is 0. The third-order valence-corrected chi connectivity index (χ3v) is 2.81. The Hall–Kier alpha value is -0.570. The molecule has 0 radical (unpaired) electrons. The van der Waals surface area contributed by atoms with E-state index in [1.54, 1.807) is 0 Å². The lowest BCUT2D eigenvalue weighted by Gasteiger charge is -2.20. The van der Waals surface area contributed by atoms with E-state index in [0.29, 0.717) is 0 Å². The lowest BCUT2D eigenvalue weighted by molar-refractivity contribution is 0.778. The van der Waals surface area contributed by atoms with Gasteiger partial charge in [-0.15, -0.1) is 0 Å². The molecule has 0 aliphatic heterocycles. The molecule has 78 valence electrons. The van der Waals surface area contributed by atoms with Crippen LogP contribution < -0.4 is 4.90 Å². The van der Waals surface area contributed by atoms with Crippen molar-refractivity contribution in [1.82, 2.24) is 4.98 Å². The van der Waals surface area contributed by atoms with Crippen molar-refractivity contribution in [1.29, 1.82) is 0 Å². The van der Waals surface area contributed by atoms with Crippen molar-refractivity contribution in [3.05, 3.63) is 23.9 Å². The lowest BCUT2D eigenvalue weighted by atomic mass is 10.3. The molecule has 0 fully saturated rings. The van der Waals surface area contributed by atoms with Gasteiger partial charge in [-0.2, -0.15) is 0 Å². The van der Waals surface area contributed by atoms with Crippen molar-refractivity contribution in [3.63, 3.8) is 0 Å². The lowest BCUT2D eigenvalue weighted by Crippen LogP contribution is -2.24. The molecule has 0 amide bonds. The van der Waals surface area contributed by atoms with E-state index in [0.717, 1.165) is 30.7 Å². The van der Waals surface area contributed by atoms with Gasteiger partial charge >= 0.3 is 0 Å². The van der Waals surface area contributed by atoms with Crippen LogP contribution in [0.1, 0.15) is 25.8 Å². The van der Waals surface area contributed by atoms with Gasteiger partial charge in [0.05, 0.1) is 0 Å². The highest BCUT2D eigenvalue weighted by Gasteiger charge is 2.03. The monoisotopic (exact) mass is 256 g/mol. The number of alkyl halides is 1. The van der Waals surface area contributed by atoms with Gasteiger partial charge in [-0.05, 0) is 25.0 Å². The van der Waals surface area contributed by atoms with E-state index in [1.807, 2.05) is 6.20 Å². The van der Waals surface area contributed by atoms with E-state index in [2.05, 4.69) is 51.8 Å². The van der Waals surface area contributed by atoms with Crippen molar-refractivity contribution in [2.24, 2.45) is 0 Å². The second kappa shape index (κ2) is 6.02. The average Bonchev–Trinajstić information content (AvgIpc) is 2.26. The Kier molecular flexibility index (Phi) is 4.94. The fourth-order valence-electron chi connectivity index (χ4n) is 1.39. The van der Waals surface area contributed by atoms with Crippen LogP contribution in [-0.2, 0) is 5.33 Å². The number of nitrogens with zero attached hydrogens (tertiary/aromatic N) is 2. The molecular weight excluding hydrogens is 240 g/mol. The molecule has 0 aromatic carbocycles. The van der Waals surface area contributed by atoms with E-state index >= 15 is 0 Å². The number of rotatable bonds is 5. The fraction of sp³-hybridized carbons (Fsp3) is 0.545. The topological polar surface area (TPSA) is 16.1 Å². The molecule has 1 heterocycles. The SMILES string of the molecule is CCCN(CC)c1ccc(CBr)cn1. The van der Waals surface area contributed by atoms with Gasteiger partial charge in [0.15, 0.2) is 0 Å². The van der Waals surface area contributed by atoms with E-state index < -0.39 is 0 Å². The molecule has 0 saturated carbocycles. The Morgan fingerprint density at radius 3 is 2.57 bits per heavy atom. The number of halogens is 1. The summed E-state index contributed by atoms with van der Waals surface area (Å²) in [5.41, 5.74) is 1.22. The zero-order valence-corrected chi connectivity index (χ0v) is 10.4. The van der Waals surface area contributed by atoms with Gasteiger partial charge in [-0.3, -0.25) is 0 Å². The largest absolute Gasteiger partial charge is 0.357 e. The Morgan fingerprint density at radius 1 is 1.36 bits per heavy atom. The van der Waals surface area contributed by atoms with Crippen LogP contribution in [0, 0.1) is 0 Å². The number of hydrogen-bond donors (Lipinski definition) is 0. The number of aromatic nitrogens is 1. The number of hydrogen-bond acceptors (Lipinski definition) is 2. The third kappa shape index (κ3) is 2.98. The van der Waals surface area contributed by atoms with Crippen LogP contribution in [-0.4, -0.2) is 18.1 Å². The van der Waals surface area contributed by atoms with Crippen LogP contribution in [0.3, 0.4) is 0 Å². The van der Waals surface area contributed by atoms with Gasteiger partial charge in [-0.1, -0.05) is 28.9 Å². The molecule has 0 N–H and O–H groups in total. The molecule has 0 bridgehead atoms. The van der Waals surface area contributed by atoms with Crippen LogP contribution >= 0.6 is 15.9 Å². The Labute approximate surface area is 94.5 Å². The first-order valence-corrected chi connectivity index (χ1v) is 6.19. The third-order valence-electron chi connectivity index (χ3n) is 2.16. The summed E-state index contributed by atoms with van der Waals surface area (Å²) in [6.07, 6.45) is 3.10. The van der Waals surface area contributed by atoms with Gasteiger partial charge in [0.2, 0.25) is 0 Å². The zero-order chi connectivity index (χ0) is 10.4. The summed E-state index contributed by atoms with van der Waals surface area (Å²) in [7, 11) is 0. The average molecular weight is 257 g/mol. The maximum atomic E-state index is 4.44. The molecule has 1 aromatic heterocycles. The summed E-state index contributed by atoms with van der Waals surface area (Å²) in [6.45, 7) is 6.46. The second-order valence-electron chi connectivity index (χ2n) is 3.24. The second-order valence-corrected chi connectivity index (χ2v) is 3.80. The van der Waals surface area contributed by atoms with Crippen LogP contribution in [0.15, 0.2) is 18.3 Å². The van der Waals surface area contributed by atoms with Crippen molar-refractivity contribution in [3.8, 4) is 0 Å². The molecule has 1 rings (SSSR count). The fourth-order valence-corrected chi connectivity index (χ4v) is 1.72. The first-order chi connectivity index (χ1) is 6.81. The minimum atomic E-state index is 0.875. The molecular formula is C11H17BrN2. The van der Waals surface area contributed by atoms with Gasteiger partial charge in [0.25, 0.3) is 0 Å². The maximum absolute atomic E-state index is 4.44. The van der Waals surface area contributed by atoms with Gasteiger partial charge in [0, 0.05) is 24.6 Å². The quantitative estimate of drug-likeness (QED) is 0.753. The first-order valence-electron chi connectivity index (χ1n) is 5.07. The van der Waals surface area contributed by atoms with Crippen LogP contribution in [0.5, 0.6) is 0 Å². The highest BCUT2D eigenvalue weighted by molar-refractivity contribution is 9.08. The minimum absolute atomic E-state index is 0.875. The number of pyridine rings is 1. The number of anilines is 1. The molecule has 0 aliphatic rings. The normalized spacial score (nSPS) is 10.2. The Morgan fingerprint density at radius 2 is 2.14 bits per heavy atom. The van der Waals surface area contributed by atoms with Crippen molar-refractivity contribution >= 4 is 21.7 Å². The van der Waals surface area contributed by atoms with E-state index in [4.69, 9.17) is 0 Å². The molecule has 1 aromatic rings.